The summed E-state index contributed by atoms with van der Waals surface area (Å²) in [6.45, 7) is 13.5. The summed E-state index contributed by atoms with van der Waals surface area (Å²) in [7, 11) is -2.26. The summed E-state index contributed by atoms with van der Waals surface area (Å²) in [5.41, 5.74) is 10.3. The normalized spacial score (nSPS) is 13.0. The Hall–Kier alpha value is -4.48. The van der Waals surface area contributed by atoms with Crippen LogP contribution < -0.4 is 20.5 Å². The molecule has 0 amide bonds. The number of hydrogen-bond acceptors (Lipinski definition) is 3. The summed E-state index contributed by atoms with van der Waals surface area (Å²) in [6, 6.07) is 46.9. The zero-order chi connectivity index (χ0) is 33.2. The van der Waals surface area contributed by atoms with Gasteiger partial charge in [-0.25, -0.2) is 4.98 Å². The van der Waals surface area contributed by atoms with Gasteiger partial charge in [0.1, 0.15) is 17.2 Å². The number of benzene rings is 5. The molecule has 49 heavy (non-hydrogen) atoms. The number of hydroxylamine groups is 1. The van der Waals surface area contributed by atoms with Crippen LogP contribution in [0.2, 0.25) is 13.1 Å². The van der Waals surface area contributed by atoms with Crippen molar-refractivity contribution in [2.24, 2.45) is 0 Å². The molecule has 5 nitrogen and oxygen atoms in total. The maximum absolute atomic E-state index is 5.00. The van der Waals surface area contributed by atoms with Crippen molar-refractivity contribution in [3.63, 3.8) is 0 Å². The molecule has 2 aromatic heterocycles. The quantitative estimate of drug-likeness (QED) is 0.0954. The van der Waals surface area contributed by atoms with Crippen LogP contribution in [0.1, 0.15) is 25.0 Å². The summed E-state index contributed by atoms with van der Waals surface area (Å²) in [6.07, 6.45) is 1.93. The van der Waals surface area contributed by atoms with E-state index >= 15 is 0 Å². The van der Waals surface area contributed by atoms with Gasteiger partial charge in [-0.1, -0.05) is 67.1 Å². The first-order valence-corrected chi connectivity index (χ1v) is 19.6. The van der Waals surface area contributed by atoms with Crippen LogP contribution in [-0.2, 0) is 21.1 Å². The van der Waals surface area contributed by atoms with E-state index < -0.39 is 8.07 Å². The van der Waals surface area contributed by atoms with Gasteiger partial charge in [-0.2, -0.15) is 51.7 Å². The monoisotopic (exact) mass is 838 g/mol. The number of nitrogens with zero attached hydrogens (tertiary/aromatic N) is 4. The number of pyridine rings is 1. The first-order chi connectivity index (χ1) is 23.2. The van der Waals surface area contributed by atoms with Crippen LogP contribution in [0.5, 0.6) is 0 Å². The molecule has 3 heterocycles. The van der Waals surface area contributed by atoms with Crippen LogP contribution in [0.15, 0.2) is 115 Å². The Kier molecular flexibility index (Phi) is 8.60. The van der Waals surface area contributed by atoms with Crippen molar-refractivity contribution in [3.8, 4) is 16.9 Å². The van der Waals surface area contributed by atoms with Crippen LogP contribution in [-0.4, -0.2) is 28.6 Å². The SMILES string of the molecule is Cc1cccc(C)c1-c1ccnc(-n2c3[c-]c([Si](C)(C)c4[c-]c(N5[OH+]N(C(C)C)c6ccccc65)ccc4)ccc3c3ccccc32)c1.[Pt]. The molecular weight excluding hydrogens is 800 g/mol. The molecule has 0 bridgehead atoms. The van der Waals surface area contributed by atoms with E-state index in [1.807, 2.05) is 11.3 Å². The first kappa shape index (κ1) is 33.0. The van der Waals surface area contributed by atoms with E-state index in [4.69, 9.17) is 9.92 Å². The molecule has 248 valence electrons. The van der Waals surface area contributed by atoms with Gasteiger partial charge < -0.3 is 4.57 Å². The van der Waals surface area contributed by atoms with Gasteiger partial charge in [0.05, 0.1) is 14.1 Å². The molecule has 1 aliphatic heterocycles. The van der Waals surface area contributed by atoms with E-state index in [1.165, 1.54) is 43.4 Å². The van der Waals surface area contributed by atoms with Crippen molar-refractivity contribution in [1.29, 1.82) is 0 Å². The number of hydrogen-bond donors (Lipinski definition) is 0. The van der Waals surface area contributed by atoms with Crippen molar-refractivity contribution < 1.29 is 26.0 Å². The van der Waals surface area contributed by atoms with Crippen LogP contribution >= 0.6 is 0 Å². The third kappa shape index (κ3) is 5.52. The minimum absolute atomic E-state index is 0. The molecule has 1 N–H and O–H groups in total. The second-order valence-corrected chi connectivity index (χ2v) is 17.9. The molecule has 0 fully saturated rings. The Balaban J connectivity index is 0.00000378. The average Bonchev–Trinajstić information content (AvgIpc) is 3.65. The predicted octanol–water partition coefficient (Wildman–Crippen LogP) is 9.09. The minimum atomic E-state index is -2.26. The number of fused-ring (bicyclic) bond motifs is 4. The molecule has 7 heteroatoms. The summed E-state index contributed by atoms with van der Waals surface area (Å²) in [5.74, 6) is 0.895. The molecule has 7 aromatic rings. The molecule has 0 saturated carbocycles. The number of aromatic nitrogens is 2. The molecule has 0 atom stereocenters. The fourth-order valence-corrected chi connectivity index (χ4v) is 9.31. The van der Waals surface area contributed by atoms with Gasteiger partial charge in [-0.3, -0.25) is 0 Å². The van der Waals surface area contributed by atoms with E-state index in [0.717, 1.165) is 33.9 Å². The molecule has 0 radical (unpaired) electrons. The van der Waals surface area contributed by atoms with Crippen LogP contribution in [0.4, 0.5) is 17.1 Å². The predicted molar refractivity (Wildman–Crippen MR) is 202 cm³/mol. The Labute approximate surface area is 304 Å². The molecule has 0 aliphatic carbocycles. The van der Waals surface area contributed by atoms with E-state index in [2.05, 4.69) is 172 Å². The molecule has 0 saturated heterocycles. The second kappa shape index (κ2) is 12.8. The van der Waals surface area contributed by atoms with Gasteiger partial charge in [-0.15, -0.1) is 21.6 Å². The van der Waals surface area contributed by atoms with E-state index in [-0.39, 0.29) is 27.1 Å². The number of rotatable bonds is 6. The third-order valence-electron chi connectivity index (χ3n) is 9.71. The van der Waals surface area contributed by atoms with Crippen LogP contribution in [0.3, 0.4) is 0 Å². The van der Waals surface area contributed by atoms with E-state index in [1.54, 1.807) is 0 Å². The van der Waals surface area contributed by atoms with E-state index in [9.17, 15) is 0 Å². The largest absolute Gasteiger partial charge is 0.319 e. The molecule has 0 spiro atoms. The minimum Gasteiger partial charge on any atom is -0.319 e. The number of anilines is 3. The van der Waals surface area contributed by atoms with Crippen molar-refractivity contribution in [1.82, 2.24) is 9.55 Å². The van der Waals surface area contributed by atoms with Gasteiger partial charge >= 0.3 is 0 Å². The smallest absolute Gasteiger partial charge is 0.145 e. The number of aryl methyl sites for hydroxylation is 2. The van der Waals surface area contributed by atoms with Crippen molar-refractivity contribution in [2.45, 2.75) is 46.8 Å². The average molecular weight is 839 g/mol. The van der Waals surface area contributed by atoms with Crippen molar-refractivity contribution >= 4 is 57.3 Å². The Bertz CT molecular complexity index is 2330. The zero-order valence-electron chi connectivity index (χ0n) is 28.6. The van der Waals surface area contributed by atoms with Gasteiger partial charge in [0.2, 0.25) is 0 Å². The summed E-state index contributed by atoms with van der Waals surface area (Å²) in [5, 5.41) is 8.93. The fraction of sp³-hybridized carbons (Fsp3) is 0.167. The Morgan fingerprint density at radius 2 is 1.41 bits per heavy atom. The topological polar surface area (TPSA) is 37.1 Å². The third-order valence-corrected chi connectivity index (χ3v) is 13.0. The van der Waals surface area contributed by atoms with Crippen LogP contribution in [0.25, 0.3) is 38.8 Å². The first-order valence-electron chi connectivity index (χ1n) is 16.6. The van der Waals surface area contributed by atoms with Crippen molar-refractivity contribution in [2.75, 3.05) is 10.1 Å². The summed E-state index contributed by atoms with van der Waals surface area (Å²) >= 11 is 0. The Morgan fingerprint density at radius 3 is 2.18 bits per heavy atom. The molecule has 8 rings (SSSR count). The molecule has 0 unspecified atom stereocenters. The van der Waals surface area contributed by atoms with Gasteiger partial charge in [0.15, 0.2) is 0 Å². The van der Waals surface area contributed by atoms with Gasteiger partial charge in [0.25, 0.3) is 0 Å². The standard InChI is InChI=1S/C42H38N4OSi.Pt/c1-28(2)45-38-19-9-10-20-39(38)46(47-45)32-15-12-16-33(26-32)48(5,6)34-21-22-36-35-17-7-8-18-37(35)44(40(36)27-34)41-25-31(23-24-43-41)42-29(3)13-11-14-30(42)4;/h7-25,28H,1-6H3;/q-2;/p+1. The number of para-hydroxylation sites is 3. The molecule has 5 aromatic carbocycles. The van der Waals surface area contributed by atoms with Crippen LogP contribution in [0, 0.1) is 26.0 Å². The van der Waals surface area contributed by atoms with Crippen molar-refractivity contribution in [3.05, 3.63) is 139 Å². The summed E-state index contributed by atoms with van der Waals surface area (Å²) in [4.78, 5) is 9.94. The zero-order valence-corrected chi connectivity index (χ0v) is 31.9. The van der Waals surface area contributed by atoms with E-state index in [0.29, 0.717) is 0 Å². The maximum atomic E-state index is 5.00. The van der Waals surface area contributed by atoms with Gasteiger partial charge in [0, 0.05) is 38.5 Å². The Morgan fingerprint density at radius 1 is 0.714 bits per heavy atom. The fourth-order valence-electron chi connectivity index (χ4n) is 7.14. The molecule has 1 aliphatic rings. The van der Waals surface area contributed by atoms with Gasteiger partial charge in [-0.05, 0) is 85.7 Å². The summed E-state index contributed by atoms with van der Waals surface area (Å²) < 4.78 is 2.29. The maximum Gasteiger partial charge on any atom is 0.145 e. The second-order valence-electron chi connectivity index (χ2n) is 13.6. The molecular formula is C42H39N4OPtSi-.